The van der Waals surface area contributed by atoms with E-state index in [1.165, 1.54) is 0 Å². The molecule has 3 rings (SSSR count). The minimum atomic E-state index is -0.559. The molecule has 1 fully saturated rings. The summed E-state index contributed by atoms with van der Waals surface area (Å²) in [5.74, 6) is 0.676. The average Bonchev–Trinajstić information content (AvgIpc) is 3.03. The lowest BCUT2D eigenvalue weighted by molar-refractivity contribution is 0.0370. The van der Waals surface area contributed by atoms with Gasteiger partial charge in [-0.3, -0.25) is 4.79 Å². The van der Waals surface area contributed by atoms with Gasteiger partial charge in [0, 0.05) is 31.7 Å². The predicted octanol–water partition coefficient (Wildman–Crippen LogP) is 0.237. The van der Waals surface area contributed by atoms with Gasteiger partial charge < -0.3 is 15.3 Å². The van der Waals surface area contributed by atoms with Crippen LogP contribution in [0.2, 0.25) is 0 Å². The zero-order chi connectivity index (χ0) is 17.6. The number of aryl methyl sites for hydroxylation is 2. The molecule has 25 heavy (non-hydrogen) atoms. The summed E-state index contributed by atoms with van der Waals surface area (Å²) in [6, 6.07) is 8.89. The molecule has 1 aliphatic heterocycles. The lowest BCUT2D eigenvalue weighted by atomic mass is 10.0. The summed E-state index contributed by atoms with van der Waals surface area (Å²) in [6.45, 7) is 4.93. The van der Waals surface area contributed by atoms with Gasteiger partial charge in [0.15, 0.2) is 0 Å². The first-order valence-corrected chi connectivity index (χ1v) is 8.62. The molecule has 2 heterocycles. The van der Waals surface area contributed by atoms with Crippen LogP contribution in [0.25, 0.3) is 0 Å². The molecule has 0 saturated carbocycles. The Morgan fingerprint density at radius 2 is 2.12 bits per heavy atom. The number of nitrogens with one attached hydrogen (secondary N) is 1. The van der Waals surface area contributed by atoms with Gasteiger partial charge in [0.2, 0.25) is 0 Å². The van der Waals surface area contributed by atoms with E-state index in [4.69, 9.17) is 0 Å². The highest BCUT2D eigenvalue weighted by Crippen LogP contribution is 2.13. The number of aliphatic hydroxyl groups is 1. The molecule has 2 aromatic rings. The van der Waals surface area contributed by atoms with Gasteiger partial charge in [-0.1, -0.05) is 18.2 Å². The van der Waals surface area contributed by atoms with Crippen LogP contribution in [-0.4, -0.2) is 67.9 Å². The van der Waals surface area contributed by atoms with E-state index in [-0.39, 0.29) is 11.9 Å². The third kappa shape index (κ3) is 4.61. The largest absolute Gasteiger partial charge is 0.390 e. The molecule has 1 aromatic carbocycles. The Balaban J connectivity index is 1.43. The van der Waals surface area contributed by atoms with E-state index in [9.17, 15) is 9.90 Å². The summed E-state index contributed by atoms with van der Waals surface area (Å²) < 4.78 is 1.78. The number of rotatable bonds is 6. The average molecular weight is 344 g/mol. The summed E-state index contributed by atoms with van der Waals surface area (Å²) in [7, 11) is 0. The predicted molar refractivity (Wildman–Crippen MR) is 91.9 cm³/mol. The Bertz CT molecular complexity index is 689. The van der Waals surface area contributed by atoms with Crippen molar-refractivity contribution in [3.05, 3.63) is 41.7 Å². The molecule has 1 aliphatic rings. The SMILES string of the molecule is Cc1nnnn1CCCN1CCC(NC(=O)c2ccccc2)C(O)C1. The van der Waals surface area contributed by atoms with Crippen LogP contribution >= 0.6 is 0 Å². The van der Waals surface area contributed by atoms with E-state index in [2.05, 4.69) is 25.7 Å². The number of piperidine rings is 1. The summed E-state index contributed by atoms with van der Waals surface area (Å²) in [5.41, 5.74) is 0.619. The van der Waals surface area contributed by atoms with E-state index in [0.717, 1.165) is 38.3 Å². The Labute approximate surface area is 146 Å². The number of β-amino-alcohol motifs (C(OH)–C–C–N with tert-alkyl or cyclic N) is 1. The third-order valence-electron chi connectivity index (χ3n) is 4.57. The highest BCUT2D eigenvalue weighted by atomic mass is 16.3. The number of hydrogen-bond acceptors (Lipinski definition) is 6. The fraction of sp³-hybridized carbons (Fsp3) is 0.529. The molecule has 2 N–H and O–H groups in total. The number of likely N-dealkylation sites (tertiary alicyclic amines) is 1. The van der Waals surface area contributed by atoms with E-state index < -0.39 is 6.10 Å². The summed E-state index contributed by atoms with van der Waals surface area (Å²) in [6.07, 6.45) is 1.10. The Morgan fingerprint density at radius 3 is 2.80 bits per heavy atom. The van der Waals surface area contributed by atoms with Gasteiger partial charge >= 0.3 is 0 Å². The van der Waals surface area contributed by atoms with Gasteiger partial charge in [-0.2, -0.15) is 0 Å². The lowest BCUT2D eigenvalue weighted by Gasteiger charge is -2.36. The monoisotopic (exact) mass is 344 g/mol. The zero-order valence-corrected chi connectivity index (χ0v) is 14.4. The number of aromatic nitrogens is 4. The number of carbonyl (C=O) groups excluding carboxylic acids is 1. The van der Waals surface area contributed by atoms with Crippen molar-refractivity contribution in [3.63, 3.8) is 0 Å². The van der Waals surface area contributed by atoms with Gasteiger partial charge in [-0.15, -0.1) is 5.10 Å². The topological polar surface area (TPSA) is 96.2 Å². The van der Waals surface area contributed by atoms with Gasteiger partial charge in [0.25, 0.3) is 5.91 Å². The van der Waals surface area contributed by atoms with Gasteiger partial charge in [0.05, 0.1) is 12.1 Å². The van der Waals surface area contributed by atoms with Crippen LogP contribution in [0.3, 0.4) is 0 Å². The number of benzene rings is 1. The summed E-state index contributed by atoms with van der Waals surface area (Å²) in [4.78, 5) is 14.4. The van der Waals surface area contributed by atoms with E-state index in [1.807, 2.05) is 25.1 Å². The molecule has 8 heteroatoms. The Kier molecular flexibility index (Phi) is 5.72. The van der Waals surface area contributed by atoms with Crippen molar-refractivity contribution in [1.29, 1.82) is 0 Å². The van der Waals surface area contributed by atoms with Crippen LogP contribution in [0, 0.1) is 6.92 Å². The van der Waals surface area contributed by atoms with Crippen LogP contribution in [-0.2, 0) is 6.54 Å². The second kappa shape index (κ2) is 8.17. The number of carbonyl (C=O) groups is 1. The molecular formula is C17H24N6O2. The fourth-order valence-corrected chi connectivity index (χ4v) is 3.11. The van der Waals surface area contributed by atoms with Crippen molar-refractivity contribution in [2.24, 2.45) is 0 Å². The first kappa shape index (κ1) is 17.5. The summed E-state index contributed by atoms with van der Waals surface area (Å²) in [5, 5.41) is 24.7. The minimum Gasteiger partial charge on any atom is -0.390 e. The molecule has 0 aliphatic carbocycles. The maximum Gasteiger partial charge on any atom is 0.251 e. The van der Waals surface area contributed by atoms with Crippen molar-refractivity contribution < 1.29 is 9.90 Å². The van der Waals surface area contributed by atoms with E-state index >= 15 is 0 Å². The van der Waals surface area contributed by atoms with Crippen molar-refractivity contribution in [2.75, 3.05) is 19.6 Å². The smallest absolute Gasteiger partial charge is 0.251 e. The molecule has 8 nitrogen and oxygen atoms in total. The van der Waals surface area contributed by atoms with Crippen molar-refractivity contribution in [2.45, 2.75) is 38.5 Å². The standard InChI is InChI=1S/C17H24N6O2/c1-13-19-20-21-23(13)10-5-9-22-11-8-15(16(24)12-22)18-17(25)14-6-3-2-4-7-14/h2-4,6-7,15-16,24H,5,8-12H2,1H3,(H,18,25). The molecule has 134 valence electrons. The van der Waals surface area contributed by atoms with Crippen molar-refractivity contribution >= 4 is 5.91 Å². The second-order valence-corrected chi connectivity index (χ2v) is 6.41. The van der Waals surface area contributed by atoms with Crippen LogP contribution in [0.1, 0.15) is 29.0 Å². The Hall–Kier alpha value is -2.32. The van der Waals surface area contributed by atoms with Gasteiger partial charge in [-0.25, -0.2) is 4.68 Å². The highest BCUT2D eigenvalue weighted by molar-refractivity contribution is 5.94. The highest BCUT2D eigenvalue weighted by Gasteiger charge is 2.28. The number of tetrazole rings is 1. The van der Waals surface area contributed by atoms with Crippen LogP contribution in [0.4, 0.5) is 0 Å². The molecule has 2 atom stereocenters. The second-order valence-electron chi connectivity index (χ2n) is 6.41. The minimum absolute atomic E-state index is 0.132. The Morgan fingerprint density at radius 1 is 1.32 bits per heavy atom. The quantitative estimate of drug-likeness (QED) is 0.779. The van der Waals surface area contributed by atoms with Gasteiger partial charge in [0.1, 0.15) is 5.82 Å². The van der Waals surface area contributed by atoms with E-state index in [0.29, 0.717) is 12.1 Å². The first-order chi connectivity index (χ1) is 12.1. The molecule has 2 unspecified atom stereocenters. The fourth-order valence-electron chi connectivity index (χ4n) is 3.11. The van der Waals surface area contributed by atoms with E-state index in [1.54, 1.807) is 16.8 Å². The lowest BCUT2D eigenvalue weighted by Crippen LogP contribution is -2.54. The van der Waals surface area contributed by atoms with Crippen molar-refractivity contribution in [3.8, 4) is 0 Å². The first-order valence-electron chi connectivity index (χ1n) is 8.62. The van der Waals surface area contributed by atoms with Gasteiger partial charge in [-0.05, 0) is 42.3 Å². The number of nitrogens with zero attached hydrogens (tertiary/aromatic N) is 5. The molecule has 0 bridgehead atoms. The number of aliphatic hydroxyl groups excluding tert-OH is 1. The number of hydrogen-bond donors (Lipinski definition) is 2. The normalized spacial score (nSPS) is 21.2. The third-order valence-corrected chi connectivity index (χ3v) is 4.57. The van der Waals surface area contributed by atoms with Crippen LogP contribution < -0.4 is 5.32 Å². The molecule has 0 radical (unpaired) electrons. The van der Waals surface area contributed by atoms with Crippen LogP contribution in [0.15, 0.2) is 30.3 Å². The summed E-state index contributed by atoms with van der Waals surface area (Å²) >= 11 is 0. The zero-order valence-electron chi connectivity index (χ0n) is 14.4. The molecule has 0 spiro atoms. The maximum absolute atomic E-state index is 12.2. The van der Waals surface area contributed by atoms with Crippen LogP contribution in [0.5, 0.6) is 0 Å². The maximum atomic E-state index is 12.2. The molecule has 1 saturated heterocycles. The molecule has 1 aromatic heterocycles. The van der Waals surface area contributed by atoms with Crippen molar-refractivity contribution in [1.82, 2.24) is 30.4 Å². The number of amides is 1. The molecule has 1 amide bonds. The molecular weight excluding hydrogens is 320 g/mol.